The molecule has 8 rings (SSSR count). The third kappa shape index (κ3) is 4.94. The third-order valence-electron chi connectivity index (χ3n) is 10.0. The summed E-state index contributed by atoms with van der Waals surface area (Å²) in [5, 5.41) is 17.3. The number of hydrogen-bond acceptors (Lipinski definition) is 7. The molecule has 5 heterocycles. The Bertz CT molecular complexity index is 2120. The van der Waals surface area contributed by atoms with Gasteiger partial charge in [-0.25, -0.2) is 13.8 Å². The second-order valence-electron chi connectivity index (χ2n) is 13.1. The molecule has 3 aliphatic rings. The molecule has 0 bridgehead atoms. The Balaban J connectivity index is 1.38. The van der Waals surface area contributed by atoms with Crippen molar-refractivity contribution in [1.29, 1.82) is 0 Å². The van der Waals surface area contributed by atoms with Gasteiger partial charge in [0.05, 0.1) is 36.1 Å². The highest BCUT2D eigenvalue weighted by atomic mass is 32.1. The quantitative estimate of drug-likeness (QED) is 0.194. The Hall–Kier alpha value is -4.45. The van der Waals surface area contributed by atoms with Gasteiger partial charge in [0, 0.05) is 58.4 Å². The lowest BCUT2D eigenvalue weighted by molar-refractivity contribution is -0.129. The van der Waals surface area contributed by atoms with Crippen LogP contribution in [0.4, 0.5) is 8.78 Å². The predicted molar refractivity (Wildman–Crippen MR) is 182 cm³/mol. The van der Waals surface area contributed by atoms with E-state index in [-0.39, 0.29) is 41.9 Å². The molecule has 246 valence electrons. The molecule has 5 aromatic rings. The number of amides is 1. The number of hydrogen-bond donors (Lipinski definition) is 1. The van der Waals surface area contributed by atoms with E-state index < -0.39 is 11.6 Å². The predicted octanol–water partition coefficient (Wildman–Crippen LogP) is 6.71. The summed E-state index contributed by atoms with van der Waals surface area (Å²) in [6.07, 6.45) is 3.63. The maximum atomic E-state index is 16.1. The smallest absolute Gasteiger partial charge is 0.246 e. The van der Waals surface area contributed by atoms with Crippen molar-refractivity contribution in [2.75, 3.05) is 33.4 Å². The van der Waals surface area contributed by atoms with Crippen molar-refractivity contribution < 1.29 is 23.4 Å². The zero-order chi connectivity index (χ0) is 33.3. The molecule has 8 nitrogen and oxygen atoms in total. The first-order valence-electron chi connectivity index (χ1n) is 16.2. The minimum atomic E-state index is -0.804. The molecule has 1 fully saturated rings. The molecule has 2 aliphatic heterocycles. The Labute approximate surface area is 280 Å². The topological polar surface area (TPSA) is 83.7 Å². The van der Waals surface area contributed by atoms with Gasteiger partial charge >= 0.3 is 0 Å². The number of aliphatic hydroxyl groups excluding tert-OH is 1. The van der Waals surface area contributed by atoms with E-state index in [0.717, 1.165) is 65.1 Å². The van der Waals surface area contributed by atoms with Gasteiger partial charge < -0.3 is 19.6 Å². The van der Waals surface area contributed by atoms with Crippen molar-refractivity contribution in [3.63, 3.8) is 0 Å². The summed E-state index contributed by atoms with van der Waals surface area (Å²) in [5.41, 5.74) is 6.83. The van der Waals surface area contributed by atoms with Crippen LogP contribution in [0.25, 0.3) is 43.9 Å². The highest BCUT2D eigenvalue weighted by Gasteiger charge is 2.48. The number of pyridine rings is 1. The summed E-state index contributed by atoms with van der Waals surface area (Å²) in [6.45, 7) is 8.00. The molecule has 2 aromatic carbocycles. The lowest BCUT2D eigenvalue weighted by Gasteiger charge is -2.33. The number of aliphatic hydroxyl groups is 1. The largest absolute Gasteiger partial charge is 0.490 e. The van der Waals surface area contributed by atoms with E-state index in [4.69, 9.17) is 14.8 Å². The van der Waals surface area contributed by atoms with Crippen LogP contribution < -0.4 is 4.74 Å². The zero-order valence-corrected chi connectivity index (χ0v) is 27.6. The van der Waals surface area contributed by atoms with Crippen molar-refractivity contribution in [2.24, 2.45) is 0 Å². The number of aromatic nitrogens is 3. The van der Waals surface area contributed by atoms with Crippen LogP contribution in [-0.2, 0) is 23.3 Å². The molecule has 1 saturated carbocycles. The number of rotatable bonds is 7. The number of nitrogens with zero attached hydrogens (tertiary/aromatic N) is 5. The van der Waals surface area contributed by atoms with Crippen LogP contribution in [0.5, 0.6) is 5.75 Å². The fraction of sp³-hybridized carbons (Fsp3) is 0.324. The molecular formula is C37H35F2N5O3S. The van der Waals surface area contributed by atoms with Crippen molar-refractivity contribution in [2.45, 2.75) is 44.3 Å². The molecule has 1 aliphatic carbocycles. The first-order valence-corrected chi connectivity index (χ1v) is 17.1. The molecule has 1 spiro atoms. The molecule has 1 atom stereocenters. The van der Waals surface area contributed by atoms with E-state index in [2.05, 4.69) is 36.7 Å². The molecule has 48 heavy (non-hydrogen) atoms. The van der Waals surface area contributed by atoms with Crippen molar-refractivity contribution in [3.8, 4) is 39.5 Å². The highest BCUT2D eigenvalue weighted by molar-refractivity contribution is 7.18. The summed E-state index contributed by atoms with van der Waals surface area (Å²) in [5.74, 6) is -1.78. The van der Waals surface area contributed by atoms with E-state index >= 15 is 4.39 Å². The molecule has 1 amide bonds. The minimum Gasteiger partial charge on any atom is -0.490 e. The Morgan fingerprint density at radius 2 is 1.98 bits per heavy atom. The Kier molecular flexibility index (Phi) is 7.46. The maximum Gasteiger partial charge on any atom is 0.246 e. The van der Waals surface area contributed by atoms with Gasteiger partial charge in [-0.2, -0.15) is 5.10 Å². The monoisotopic (exact) mass is 667 g/mol. The summed E-state index contributed by atoms with van der Waals surface area (Å²) in [4.78, 5) is 22.1. The average Bonchev–Trinajstić information content (AvgIpc) is 3.44. The Morgan fingerprint density at radius 3 is 2.75 bits per heavy atom. The van der Waals surface area contributed by atoms with Crippen LogP contribution in [0, 0.1) is 11.6 Å². The van der Waals surface area contributed by atoms with Gasteiger partial charge in [-0.3, -0.25) is 9.48 Å². The molecule has 1 unspecified atom stereocenters. The highest BCUT2D eigenvalue weighted by Crippen LogP contribution is 2.53. The second kappa shape index (κ2) is 11.6. The number of ether oxygens (including phenoxy) is 1. The number of carbonyl (C=O) groups is 1. The minimum absolute atomic E-state index is 0.0271. The lowest BCUT2D eigenvalue weighted by Crippen LogP contribution is -2.40. The maximum absolute atomic E-state index is 16.1. The van der Waals surface area contributed by atoms with E-state index in [1.165, 1.54) is 28.5 Å². The first-order chi connectivity index (χ1) is 23.2. The molecule has 0 radical (unpaired) electrons. The number of halogens is 2. The lowest BCUT2D eigenvalue weighted by atomic mass is 9.85. The number of thiophene rings is 1. The van der Waals surface area contributed by atoms with Crippen LogP contribution in [0.3, 0.4) is 0 Å². The molecule has 1 N–H and O–H groups in total. The van der Waals surface area contributed by atoms with Gasteiger partial charge in [0.1, 0.15) is 35.4 Å². The van der Waals surface area contributed by atoms with Crippen LogP contribution in [0.15, 0.2) is 60.5 Å². The third-order valence-corrected chi connectivity index (χ3v) is 10.9. The number of benzene rings is 2. The van der Waals surface area contributed by atoms with Gasteiger partial charge in [-0.05, 0) is 67.6 Å². The fourth-order valence-electron chi connectivity index (χ4n) is 7.64. The second-order valence-corrected chi connectivity index (χ2v) is 14.0. The standard InChI is InChI=1S/C37H35F2N5O3S/c1-4-31(46)43-10-11-44-29(21(43)2)18-28(41-44)35-33(32-27(39)16-24(38)17-30(32)47-13-12-45)36-25(7-14-48-36)34(40-35)22-5-6-23-19-42(3)20-37(8-9-37)26(23)15-22/h4-7,14-18,21,45H,1,8-13,19-20H2,2-3H3. The summed E-state index contributed by atoms with van der Waals surface area (Å²) < 4.78 is 39.1. The van der Waals surface area contributed by atoms with E-state index in [1.807, 2.05) is 29.1 Å². The number of fused-ring (bicyclic) bond motifs is 4. The Morgan fingerprint density at radius 1 is 1.15 bits per heavy atom. The van der Waals surface area contributed by atoms with Gasteiger partial charge in [0.25, 0.3) is 0 Å². The molecule has 11 heteroatoms. The average molecular weight is 668 g/mol. The normalized spacial score (nSPS) is 18.2. The summed E-state index contributed by atoms with van der Waals surface area (Å²) >= 11 is 1.45. The van der Waals surface area contributed by atoms with Crippen molar-refractivity contribution in [3.05, 3.63) is 89.0 Å². The van der Waals surface area contributed by atoms with Crippen LogP contribution >= 0.6 is 11.3 Å². The van der Waals surface area contributed by atoms with Gasteiger partial charge in [0.2, 0.25) is 5.91 Å². The van der Waals surface area contributed by atoms with E-state index in [1.54, 1.807) is 4.90 Å². The first kappa shape index (κ1) is 30.9. The van der Waals surface area contributed by atoms with Crippen LogP contribution in [-0.4, -0.2) is 68.9 Å². The molecular weight excluding hydrogens is 633 g/mol. The zero-order valence-electron chi connectivity index (χ0n) is 26.8. The van der Waals surface area contributed by atoms with Gasteiger partial charge in [-0.15, -0.1) is 11.3 Å². The van der Waals surface area contributed by atoms with E-state index in [9.17, 15) is 14.3 Å². The SMILES string of the molecule is C=CC(=O)N1CCn2nc(-c3nc(-c4ccc5c(c4)C4(CC4)CN(C)C5)c4ccsc4c3-c3c(F)cc(F)cc3OCCO)cc2C1C. The van der Waals surface area contributed by atoms with Gasteiger partial charge in [0.15, 0.2) is 0 Å². The van der Waals surface area contributed by atoms with E-state index in [0.29, 0.717) is 30.0 Å². The summed E-state index contributed by atoms with van der Waals surface area (Å²) in [6, 6.07) is 12.2. The fourth-order valence-corrected chi connectivity index (χ4v) is 8.59. The molecule has 3 aromatic heterocycles. The molecule has 0 saturated heterocycles. The van der Waals surface area contributed by atoms with Crippen LogP contribution in [0.2, 0.25) is 0 Å². The number of carbonyl (C=O) groups excluding carboxylic acids is 1. The van der Waals surface area contributed by atoms with Crippen molar-refractivity contribution >= 4 is 27.3 Å². The summed E-state index contributed by atoms with van der Waals surface area (Å²) in [7, 11) is 2.17. The number of likely N-dealkylation sites (N-methyl/N-ethyl adjacent to an activating group) is 1. The van der Waals surface area contributed by atoms with Crippen molar-refractivity contribution in [1.82, 2.24) is 24.6 Å². The van der Waals surface area contributed by atoms with Gasteiger partial charge in [-0.1, -0.05) is 18.7 Å². The van der Waals surface area contributed by atoms with Crippen LogP contribution in [0.1, 0.15) is 42.6 Å².